The summed E-state index contributed by atoms with van der Waals surface area (Å²) in [6, 6.07) is 20.8. The van der Waals surface area contributed by atoms with Gasteiger partial charge in [-0.1, -0.05) is 36.9 Å². The molecule has 31 heavy (non-hydrogen) atoms. The van der Waals surface area contributed by atoms with Crippen LogP contribution in [0.1, 0.15) is 15.9 Å². The summed E-state index contributed by atoms with van der Waals surface area (Å²) in [7, 11) is 0. The summed E-state index contributed by atoms with van der Waals surface area (Å²) in [5, 5.41) is 2.85. The standard InChI is InChI=1S/C25H27N5O/c1-19(18-29-14-16-30(17-15-29)24-8-4-5-13-27-24)20-9-11-21(12-10-20)25(31)28-23-7-3-2-6-22(23)26/h2-13H,1,14-18,26H2,(H,28,31). The van der Waals surface area contributed by atoms with Crippen LogP contribution in [-0.2, 0) is 0 Å². The van der Waals surface area contributed by atoms with Crippen molar-refractivity contribution >= 4 is 28.7 Å². The molecule has 0 bridgehead atoms. The maximum atomic E-state index is 12.5. The summed E-state index contributed by atoms with van der Waals surface area (Å²) >= 11 is 0. The fourth-order valence-corrected chi connectivity index (χ4v) is 3.70. The van der Waals surface area contributed by atoms with E-state index in [0.29, 0.717) is 16.9 Å². The van der Waals surface area contributed by atoms with Gasteiger partial charge in [-0.3, -0.25) is 9.69 Å². The van der Waals surface area contributed by atoms with Crippen LogP contribution in [0.5, 0.6) is 0 Å². The lowest BCUT2D eigenvalue weighted by atomic mass is 10.0. The van der Waals surface area contributed by atoms with E-state index in [1.807, 2.05) is 54.7 Å². The Labute approximate surface area is 183 Å². The Hall–Kier alpha value is -3.64. The molecule has 3 N–H and O–H groups in total. The van der Waals surface area contributed by atoms with Gasteiger partial charge >= 0.3 is 0 Å². The van der Waals surface area contributed by atoms with Gasteiger partial charge in [-0.15, -0.1) is 0 Å². The van der Waals surface area contributed by atoms with Crippen molar-refractivity contribution in [1.29, 1.82) is 0 Å². The van der Waals surface area contributed by atoms with Crippen LogP contribution in [0.15, 0.2) is 79.5 Å². The molecule has 1 aromatic heterocycles. The fraction of sp³-hybridized carbons (Fsp3) is 0.200. The molecule has 3 aromatic rings. The van der Waals surface area contributed by atoms with Crippen LogP contribution >= 0.6 is 0 Å². The third-order valence-electron chi connectivity index (χ3n) is 5.52. The van der Waals surface area contributed by atoms with Crippen LogP contribution in [0.4, 0.5) is 17.2 Å². The smallest absolute Gasteiger partial charge is 0.255 e. The molecule has 2 heterocycles. The zero-order valence-electron chi connectivity index (χ0n) is 17.5. The average Bonchev–Trinajstić information content (AvgIpc) is 2.81. The van der Waals surface area contributed by atoms with E-state index in [1.54, 1.807) is 12.1 Å². The van der Waals surface area contributed by atoms with Gasteiger partial charge in [0.15, 0.2) is 0 Å². The summed E-state index contributed by atoms with van der Waals surface area (Å²) in [6.07, 6.45) is 1.84. The molecule has 4 rings (SSSR count). The number of benzene rings is 2. The van der Waals surface area contributed by atoms with E-state index in [2.05, 4.69) is 32.7 Å². The molecule has 6 nitrogen and oxygen atoms in total. The number of nitrogens with one attached hydrogen (secondary N) is 1. The molecule has 1 aliphatic rings. The van der Waals surface area contributed by atoms with Crippen molar-refractivity contribution in [3.05, 3.63) is 90.6 Å². The average molecular weight is 414 g/mol. The Kier molecular flexibility index (Phi) is 6.29. The lowest BCUT2D eigenvalue weighted by Gasteiger charge is -2.35. The van der Waals surface area contributed by atoms with Crippen molar-refractivity contribution in [3.63, 3.8) is 0 Å². The number of aromatic nitrogens is 1. The first-order chi connectivity index (χ1) is 15.1. The first-order valence-electron chi connectivity index (χ1n) is 10.4. The monoisotopic (exact) mass is 413 g/mol. The first-order valence-corrected chi connectivity index (χ1v) is 10.4. The molecule has 6 heteroatoms. The SMILES string of the molecule is C=C(CN1CCN(c2ccccn2)CC1)c1ccc(C(=O)Nc2ccccc2N)cc1. The molecule has 1 fully saturated rings. The number of carbonyl (C=O) groups is 1. The molecule has 0 atom stereocenters. The Morgan fingerprint density at radius 1 is 0.935 bits per heavy atom. The number of pyridine rings is 1. The summed E-state index contributed by atoms with van der Waals surface area (Å²) in [6.45, 7) is 8.91. The van der Waals surface area contributed by atoms with Crippen molar-refractivity contribution in [3.8, 4) is 0 Å². The highest BCUT2D eigenvalue weighted by molar-refractivity contribution is 6.05. The first kappa shape index (κ1) is 20.6. The second-order valence-electron chi connectivity index (χ2n) is 7.67. The number of anilines is 3. The molecule has 158 valence electrons. The van der Waals surface area contributed by atoms with Crippen LogP contribution in [-0.4, -0.2) is 48.5 Å². The molecule has 0 unspecified atom stereocenters. The second kappa shape index (κ2) is 9.45. The predicted octanol–water partition coefficient (Wildman–Crippen LogP) is 3.75. The van der Waals surface area contributed by atoms with E-state index in [0.717, 1.165) is 49.7 Å². The quantitative estimate of drug-likeness (QED) is 0.602. The number of hydrogen-bond donors (Lipinski definition) is 2. The Morgan fingerprint density at radius 2 is 1.61 bits per heavy atom. The largest absolute Gasteiger partial charge is 0.397 e. The molecule has 1 saturated heterocycles. The van der Waals surface area contributed by atoms with Crippen molar-refractivity contribution in [2.75, 3.05) is 48.7 Å². The lowest BCUT2D eigenvalue weighted by Crippen LogP contribution is -2.47. The number of nitrogens with two attached hydrogens (primary N) is 1. The van der Waals surface area contributed by atoms with E-state index in [9.17, 15) is 4.79 Å². The third-order valence-corrected chi connectivity index (χ3v) is 5.52. The normalized spacial score (nSPS) is 14.3. The van der Waals surface area contributed by atoms with Crippen LogP contribution in [0.25, 0.3) is 5.57 Å². The minimum absolute atomic E-state index is 0.180. The van der Waals surface area contributed by atoms with Gasteiger partial charge in [0, 0.05) is 44.5 Å². The van der Waals surface area contributed by atoms with Crippen molar-refractivity contribution < 1.29 is 4.79 Å². The van der Waals surface area contributed by atoms with E-state index in [4.69, 9.17) is 5.73 Å². The Balaban J connectivity index is 1.30. The number of nitrogen functional groups attached to an aromatic ring is 1. The minimum atomic E-state index is -0.180. The molecular weight excluding hydrogens is 386 g/mol. The van der Waals surface area contributed by atoms with Gasteiger partial charge in [0.05, 0.1) is 11.4 Å². The number of nitrogens with zero attached hydrogens (tertiary/aromatic N) is 3. The highest BCUT2D eigenvalue weighted by Gasteiger charge is 2.18. The molecule has 0 aliphatic carbocycles. The fourth-order valence-electron chi connectivity index (χ4n) is 3.70. The topological polar surface area (TPSA) is 74.5 Å². The zero-order chi connectivity index (χ0) is 21.6. The van der Waals surface area contributed by atoms with Gasteiger partial charge in [0.2, 0.25) is 0 Å². The van der Waals surface area contributed by atoms with Crippen LogP contribution in [0.3, 0.4) is 0 Å². The van der Waals surface area contributed by atoms with Crippen molar-refractivity contribution in [2.45, 2.75) is 0 Å². The van der Waals surface area contributed by atoms with E-state index in [1.165, 1.54) is 0 Å². The van der Waals surface area contributed by atoms with Gasteiger partial charge in [0.25, 0.3) is 5.91 Å². The van der Waals surface area contributed by atoms with Gasteiger partial charge in [0.1, 0.15) is 5.82 Å². The van der Waals surface area contributed by atoms with Gasteiger partial charge in [-0.25, -0.2) is 4.98 Å². The Bertz CT molecular complexity index is 1040. The highest BCUT2D eigenvalue weighted by Crippen LogP contribution is 2.20. The second-order valence-corrected chi connectivity index (χ2v) is 7.67. The predicted molar refractivity (Wildman–Crippen MR) is 127 cm³/mol. The van der Waals surface area contributed by atoms with E-state index < -0.39 is 0 Å². The summed E-state index contributed by atoms with van der Waals surface area (Å²) in [4.78, 5) is 21.7. The van der Waals surface area contributed by atoms with E-state index >= 15 is 0 Å². The number of carbonyl (C=O) groups excluding carboxylic acids is 1. The van der Waals surface area contributed by atoms with E-state index in [-0.39, 0.29) is 5.91 Å². The number of hydrogen-bond acceptors (Lipinski definition) is 5. The lowest BCUT2D eigenvalue weighted by molar-refractivity contribution is 0.102. The van der Waals surface area contributed by atoms with Gasteiger partial charge < -0.3 is 16.0 Å². The molecule has 1 aliphatic heterocycles. The van der Waals surface area contributed by atoms with Crippen LogP contribution in [0.2, 0.25) is 0 Å². The Morgan fingerprint density at radius 3 is 2.29 bits per heavy atom. The van der Waals surface area contributed by atoms with Gasteiger partial charge in [-0.2, -0.15) is 0 Å². The molecule has 1 amide bonds. The van der Waals surface area contributed by atoms with Crippen LogP contribution in [0, 0.1) is 0 Å². The number of para-hydroxylation sites is 2. The minimum Gasteiger partial charge on any atom is -0.397 e. The van der Waals surface area contributed by atoms with Crippen molar-refractivity contribution in [2.24, 2.45) is 0 Å². The zero-order valence-corrected chi connectivity index (χ0v) is 17.5. The molecule has 0 radical (unpaired) electrons. The molecular formula is C25H27N5O. The summed E-state index contributed by atoms with van der Waals surface area (Å²) in [5.41, 5.74) is 9.74. The third kappa shape index (κ3) is 5.10. The summed E-state index contributed by atoms with van der Waals surface area (Å²) in [5.74, 6) is 0.854. The molecule has 2 aromatic carbocycles. The molecule has 0 spiro atoms. The van der Waals surface area contributed by atoms with Gasteiger partial charge in [-0.05, 0) is 47.5 Å². The summed E-state index contributed by atoms with van der Waals surface area (Å²) < 4.78 is 0. The number of rotatable bonds is 6. The van der Waals surface area contributed by atoms with Crippen LogP contribution < -0.4 is 16.0 Å². The molecule has 0 saturated carbocycles. The maximum Gasteiger partial charge on any atom is 0.255 e. The highest BCUT2D eigenvalue weighted by atomic mass is 16.1. The maximum absolute atomic E-state index is 12.5. The number of amides is 1. The van der Waals surface area contributed by atoms with Crippen molar-refractivity contribution in [1.82, 2.24) is 9.88 Å². The number of piperazine rings is 1.